The number of hydrogen-bond donors (Lipinski definition) is 1. The highest BCUT2D eigenvalue weighted by atomic mass is 16.5. The van der Waals surface area contributed by atoms with Crippen molar-refractivity contribution in [3.63, 3.8) is 0 Å². The molecule has 29 heavy (non-hydrogen) atoms. The Hall–Kier alpha value is -3.87. The molecule has 0 atom stereocenters. The molecule has 0 aliphatic rings. The van der Waals surface area contributed by atoms with Crippen molar-refractivity contribution in [1.82, 2.24) is 4.98 Å². The van der Waals surface area contributed by atoms with Crippen molar-refractivity contribution in [2.75, 3.05) is 14.2 Å². The van der Waals surface area contributed by atoms with Gasteiger partial charge in [-0.15, -0.1) is 0 Å². The molecular weight excluding hydrogens is 374 g/mol. The highest BCUT2D eigenvalue weighted by Crippen LogP contribution is 2.24. The van der Waals surface area contributed by atoms with Gasteiger partial charge in [0.2, 0.25) is 0 Å². The standard InChI is InChI=1S/C14H13NO3.C8H8O3/c1-17-14-8-13(6-5-11(14)9-16)18-10-12-4-2-3-7-15-12;1-11-8-4-7(10)3-2-6(8)5-9/h2-9H,10H2,1H3;2-5,10H,1H3. The number of pyridine rings is 1. The maximum Gasteiger partial charge on any atom is 0.153 e. The van der Waals surface area contributed by atoms with E-state index in [9.17, 15) is 9.59 Å². The molecule has 0 aliphatic carbocycles. The van der Waals surface area contributed by atoms with Gasteiger partial charge < -0.3 is 19.3 Å². The van der Waals surface area contributed by atoms with Crippen molar-refractivity contribution in [3.05, 3.63) is 77.6 Å². The number of aromatic hydroxyl groups is 1. The number of aldehydes is 2. The molecule has 0 unspecified atom stereocenters. The second-order valence-corrected chi connectivity index (χ2v) is 5.68. The fourth-order valence-electron chi connectivity index (χ4n) is 2.32. The number of aromatic nitrogens is 1. The minimum atomic E-state index is 0.0902. The molecule has 0 saturated heterocycles. The summed E-state index contributed by atoms with van der Waals surface area (Å²) in [5, 5.41) is 8.97. The predicted octanol–water partition coefficient (Wildman–Crippen LogP) is 3.70. The van der Waals surface area contributed by atoms with E-state index in [1.807, 2.05) is 18.2 Å². The van der Waals surface area contributed by atoms with Crippen LogP contribution >= 0.6 is 0 Å². The van der Waals surface area contributed by atoms with Gasteiger partial charge in [0, 0.05) is 18.3 Å². The number of nitrogens with zero attached hydrogens (tertiary/aromatic N) is 1. The Morgan fingerprint density at radius 1 is 0.897 bits per heavy atom. The number of ether oxygens (including phenoxy) is 3. The van der Waals surface area contributed by atoms with Gasteiger partial charge in [-0.3, -0.25) is 14.6 Å². The summed E-state index contributed by atoms with van der Waals surface area (Å²) in [4.78, 5) is 25.2. The van der Waals surface area contributed by atoms with Crippen LogP contribution in [0, 0.1) is 0 Å². The Kier molecular flexibility index (Phi) is 8.19. The van der Waals surface area contributed by atoms with Gasteiger partial charge in [0.1, 0.15) is 29.6 Å². The number of carbonyl (C=O) groups is 2. The van der Waals surface area contributed by atoms with Crippen molar-refractivity contribution < 1.29 is 28.9 Å². The molecule has 1 N–H and O–H groups in total. The zero-order valence-electron chi connectivity index (χ0n) is 16.1. The van der Waals surface area contributed by atoms with E-state index in [0.29, 0.717) is 41.3 Å². The molecule has 3 rings (SSSR count). The van der Waals surface area contributed by atoms with Gasteiger partial charge >= 0.3 is 0 Å². The second kappa shape index (κ2) is 11.1. The Bertz CT molecular complexity index is 943. The third kappa shape index (κ3) is 6.35. The highest BCUT2D eigenvalue weighted by molar-refractivity contribution is 5.80. The Morgan fingerprint density at radius 2 is 1.55 bits per heavy atom. The van der Waals surface area contributed by atoms with Gasteiger partial charge in [0.25, 0.3) is 0 Å². The topological polar surface area (TPSA) is 95.0 Å². The van der Waals surface area contributed by atoms with E-state index in [1.54, 1.807) is 24.4 Å². The fourth-order valence-corrected chi connectivity index (χ4v) is 2.32. The molecule has 7 nitrogen and oxygen atoms in total. The number of benzene rings is 2. The third-order valence-electron chi connectivity index (χ3n) is 3.79. The average molecular weight is 395 g/mol. The average Bonchev–Trinajstić information content (AvgIpc) is 2.78. The van der Waals surface area contributed by atoms with E-state index in [2.05, 4.69) is 4.98 Å². The predicted molar refractivity (Wildman–Crippen MR) is 107 cm³/mol. The van der Waals surface area contributed by atoms with Gasteiger partial charge in [-0.2, -0.15) is 0 Å². The van der Waals surface area contributed by atoms with Crippen LogP contribution < -0.4 is 14.2 Å². The van der Waals surface area contributed by atoms with Crippen molar-refractivity contribution >= 4 is 12.6 Å². The molecule has 0 saturated carbocycles. The number of carbonyl (C=O) groups excluding carboxylic acids is 2. The van der Waals surface area contributed by atoms with E-state index >= 15 is 0 Å². The monoisotopic (exact) mass is 395 g/mol. The van der Waals surface area contributed by atoms with E-state index in [0.717, 1.165) is 12.0 Å². The fraction of sp³-hybridized carbons (Fsp3) is 0.136. The molecule has 150 valence electrons. The zero-order chi connectivity index (χ0) is 21.1. The maximum atomic E-state index is 10.7. The van der Waals surface area contributed by atoms with Crippen LogP contribution in [0.25, 0.3) is 0 Å². The minimum absolute atomic E-state index is 0.0902. The molecule has 0 amide bonds. The molecule has 2 aromatic carbocycles. The molecule has 1 aromatic heterocycles. The van der Waals surface area contributed by atoms with Gasteiger partial charge in [0.05, 0.1) is 31.0 Å². The van der Waals surface area contributed by atoms with Gasteiger partial charge in [-0.05, 0) is 36.4 Å². The zero-order valence-corrected chi connectivity index (χ0v) is 16.1. The lowest BCUT2D eigenvalue weighted by Gasteiger charge is -2.08. The summed E-state index contributed by atoms with van der Waals surface area (Å²) in [6, 6.07) is 15.1. The SMILES string of the molecule is COc1cc(O)ccc1C=O.COc1cc(OCc2ccccn2)ccc1C=O. The molecule has 0 spiro atoms. The summed E-state index contributed by atoms with van der Waals surface area (Å²) in [7, 11) is 2.96. The largest absolute Gasteiger partial charge is 0.508 e. The molecule has 7 heteroatoms. The highest BCUT2D eigenvalue weighted by Gasteiger charge is 2.04. The summed E-state index contributed by atoms with van der Waals surface area (Å²) in [5.74, 6) is 1.62. The van der Waals surface area contributed by atoms with Crippen LogP contribution in [0.3, 0.4) is 0 Å². The van der Waals surface area contributed by atoms with Crippen LogP contribution in [-0.2, 0) is 6.61 Å². The van der Waals surface area contributed by atoms with Gasteiger partial charge in [0.15, 0.2) is 12.6 Å². The van der Waals surface area contributed by atoms with Crippen LogP contribution in [0.1, 0.15) is 26.4 Å². The molecule has 0 radical (unpaired) electrons. The molecule has 1 heterocycles. The number of hydrogen-bond acceptors (Lipinski definition) is 7. The van der Waals surface area contributed by atoms with Crippen LogP contribution in [-0.4, -0.2) is 36.9 Å². The molecule has 0 fully saturated rings. The molecule has 0 bridgehead atoms. The van der Waals surface area contributed by atoms with E-state index in [-0.39, 0.29) is 5.75 Å². The summed E-state index contributed by atoms with van der Waals surface area (Å²) in [6.45, 7) is 0.379. The number of phenols is 1. The first-order chi connectivity index (χ1) is 14.1. The van der Waals surface area contributed by atoms with Gasteiger partial charge in [-0.25, -0.2) is 0 Å². The number of phenolic OH excluding ortho intramolecular Hbond substituents is 1. The third-order valence-corrected chi connectivity index (χ3v) is 3.79. The van der Waals surface area contributed by atoms with Crippen molar-refractivity contribution in [1.29, 1.82) is 0 Å². The first-order valence-electron chi connectivity index (χ1n) is 8.59. The Labute approximate surface area is 168 Å². The van der Waals surface area contributed by atoms with Crippen molar-refractivity contribution in [2.45, 2.75) is 6.61 Å². The molecule has 3 aromatic rings. The number of rotatable bonds is 7. The van der Waals surface area contributed by atoms with Crippen LogP contribution in [0.2, 0.25) is 0 Å². The number of methoxy groups -OCH3 is 2. The van der Waals surface area contributed by atoms with Crippen molar-refractivity contribution in [2.24, 2.45) is 0 Å². The molecular formula is C22H21NO6. The van der Waals surface area contributed by atoms with Crippen LogP contribution in [0.5, 0.6) is 23.0 Å². The summed E-state index contributed by atoms with van der Waals surface area (Å²) >= 11 is 0. The van der Waals surface area contributed by atoms with Crippen LogP contribution in [0.4, 0.5) is 0 Å². The maximum absolute atomic E-state index is 10.7. The Balaban J connectivity index is 0.000000234. The lowest BCUT2D eigenvalue weighted by atomic mass is 10.2. The quantitative estimate of drug-likeness (QED) is 0.610. The first-order valence-corrected chi connectivity index (χ1v) is 8.59. The van der Waals surface area contributed by atoms with E-state index in [4.69, 9.17) is 19.3 Å². The summed E-state index contributed by atoms with van der Waals surface area (Å²) in [5.41, 5.74) is 1.78. The minimum Gasteiger partial charge on any atom is -0.508 e. The van der Waals surface area contributed by atoms with E-state index < -0.39 is 0 Å². The summed E-state index contributed by atoms with van der Waals surface area (Å²) < 4.78 is 15.5. The second-order valence-electron chi connectivity index (χ2n) is 5.68. The molecule has 0 aliphatic heterocycles. The van der Waals surface area contributed by atoms with Crippen LogP contribution in [0.15, 0.2) is 60.8 Å². The lowest BCUT2D eigenvalue weighted by Crippen LogP contribution is -1.98. The lowest BCUT2D eigenvalue weighted by molar-refractivity contribution is 0.111. The Morgan fingerprint density at radius 3 is 2.14 bits per heavy atom. The first kappa shape index (κ1) is 21.4. The van der Waals surface area contributed by atoms with Crippen molar-refractivity contribution in [3.8, 4) is 23.0 Å². The summed E-state index contributed by atoms with van der Waals surface area (Å²) in [6.07, 6.45) is 3.15. The van der Waals surface area contributed by atoms with E-state index in [1.165, 1.54) is 32.4 Å². The van der Waals surface area contributed by atoms with Gasteiger partial charge in [-0.1, -0.05) is 6.07 Å². The normalized spacial score (nSPS) is 9.59. The smallest absolute Gasteiger partial charge is 0.153 e.